The number of nitrogens with one attached hydrogen (secondary N) is 1. The first-order chi connectivity index (χ1) is 18.2. The standard InChI is InChI=1S/C27H27ClN4O5S/c1-38(2,34)29-12-15-3-5-16(6-4-15)17-7-9-18(10-8-17)23-19(28)11-20-26(31-23)32-27(30-20)37-22-14-36-24-21(33)13-35-25(22)24/h3-11,21-22,24-25,33H,12-14H2,1-2H3,(H,30,31,32)/t21-,22-,24-,25-/m1/s1. The van der Waals surface area contributed by atoms with Crippen LogP contribution in [0.5, 0.6) is 6.01 Å². The molecule has 2 aliphatic rings. The third-order valence-electron chi connectivity index (χ3n) is 6.65. The number of aliphatic hydroxyl groups is 1. The molecule has 2 aromatic heterocycles. The monoisotopic (exact) mass is 554 g/mol. The van der Waals surface area contributed by atoms with Crippen molar-refractivity contribution < 1.29 is 23.5 Å². The van der Waals surface area contributed by atoms with Crippen LogP contribution in [-0.2, 0) is 25.7 Å². The van der Waals surface area contributed by atoms with E-state index in [4.69, 9.17) is 30.8 Å². The number of hydrogen-bond acceptors (Lipinski definition) is 8. The minimum atomic E-state index is -2.12. The van der Waals surface area contributed by atoms with Crippen LogP contribution < -0.4 is 4.74 Å². The molecular weight excluding hydrogens is 528 g/mol. The molecule has 0 spiro atoms. The number of nitrogens with zero attached hydrogens (tertiary/aromatic N) is 3. The third-order valence-corrected chi connectivity index (χ3v) is 7.69. The largest absolute Gasteiger partial charge is 0.456 e. The number of pyridine rings is 1. The van der Waals surface area contributed by atoms with E-state index in [-0.39, 0.29) is 24.9 Å². The maximum Gasteiger partial charge on any atom is 0.296 e. The fraction of sp³-hybridized carbons (Fsp3) is 0.333. The van der Waals surface area contributed by atoms with Gasteiger partial charge in [0, 0.05) is 27.8 Å². The van der Waals surface area contributed by atoms with Gasteiger partial charge >= 0.3 is 0 Å². The van der Waals surface area contributed by atoms with Gasteiger partial charge in [0.1, 0.15) is 23.8 Å². The van der Waals surface area contributed by atoms with E-state index in [2.05, 4.69) is 14.3 Å². The minimum Gasteiger partial charge on any atom is -0.456 e. The maximum atomic E-state index is 11.8. The van der Waals surface area contributed by atoms with Gasteiger partial charge in [-0.1, -0.05) is 60.1 Å². The van der Waals surface area contributed by atoms with Gasteiger partial charge in [-0.2, -0.15) is 4.98 Å². The number of aromatic amines is 1. The number of imidazole rings is 1. The summed E-state index contributed by atoms with van der Waals surface area (Å²) in [5, 5.41) is 10.4. The Bertz CT molecular complexity index is 1590. The topological polar surface area (TPSA) is 119 Å². The molecule has 4 aromatic rings. The Morgan fingerprint density at radius 3 is 2.39 bits per heavy atom. The second-order valence-electron chi connectivity index (χ2n) is 9.79. The lowest BCUT2D eigenvalue weighted by atomic mass is 10.0. The van der Waals surface area contributed by atoms with E-state index in [9.17, 15) is 9.32 Å². The molecule has 0 bridgehead atoms. The van der Waals surface area contributed by atoms with Gasteiger partial charge in [0.15, 0.2) is 11.8 Å². The summed E-state index contributed by atoms with van der Waals surface area (Å²) in [6, 6.07) is 18.1. The van der Waals surface area contributed by atoms with E-state index in [0.717, 1.165) is 22.3 Å². The van der Waals surface area contributed by atoms with E-state index >= 15 is 0 Å². The molecule has 0 radical (unpaired) electrons. The summed E-state index contributed by atoms with van der Waals surface area (Å²) in [4.78, 5) is 12.3. The van der Waals surface area contributed by atoms with Crippen molar-refractivity contribution in [2.24, 2.45) is 4.36 Å². The second kappa shape index (κ2) is 9.94. The molecule has 2 aliphatic heterocycles. The molecule has 2 saturated heterocycles. The number of H-pyrrole nitrogens is 1. The number of hydrogen-bond donors (Lipinski definition) is 2. The third kappa shape index (κ3) is 5.14. The fourth-order valence-corrected chi connectivity index (χ4v) is 5.41. The lowest BCUT2D eigenvalue weighted by Crippen LogP contribution is -2.34. The van der Waals surface area contributed by atoms with Crippen LogP contribution in [0.15, 0.2) is 59.0 Å². The number of halogens is 1. The number of fused-ring (bicyclic) bond motifs is 2. The highest BCUT2D eigenvalue weighted by Gasteiger charge is 2.48. The molecule has 4 atom stereocenters. The van der Waals surface area contributed by atoms with Gasteiger partial charge in [0.25, 0.3) is 6.01 Å². The van der Waals surface area contributed by atoms with Crippen molar-refractivity contribution in [3.05, 3.63) is 65.2 Å². The van der Waals surface area contributed by atoms with E-state index in [1.165, 1.54) is 0 Å². The second-order valence-corrected chi connectivity index (χ2v) is 12.8. The summed E-state index contributed by atoms with van der Waals surface area (Å²) in [5.41, 5.74) is 5.77. The van der Waals surface area contributed by atoms with Crippen LogP contribution in [0, 0.1) is 0 Å². The first-order valence-electron chi connectivity index (χ1n) is 12.2. The Morgan fingerprint density at radius 1 is 1.03 bits per heavy atom. The normalized spacial score (nSPS) is 23.1. The zero-order chi connectivity index (χ0) is 26.4. The van der Waals surface area contributed by atoms with Gasteiger partial charge < -0.3 is 19.3 Å². The molecule has 0 aliphatic carbocycles. The Balaban J connectivity index is 1.19. The van der Waals surface area contributed by atoms with E-state index in [1.807, 2.05) is 48.5 Å². The summed E-state index contributed by atoms with van der Waals surface area (Å²) in [6.45, 7) is 0.981. The molecule has 198 valence electrons. The van der Waals surface area contributed by atoms with Gasteiger partial charge in [0.2, 0.25) is 0 Å². The first-order valence-corrected chi connectivity index (χ1v) is 14.9. The van der Waals surface area contributed by atoms with Gasteiger partial charge in [-0.25, -0.2) is 9.35 Å². The van der Waals surface area contributed by atoms with Crippen molar-refractivity contribution in [1.29, 1.82) is 0 Å². The molecule has 2 aromatic carbocycles. The zero-order valence-electron chi connectivity index (χ0n) is 20.8. The Hall–Kier alpha value is -3.02. The lowest BCUT2D eigenvalue weighted by molar-refractivity contribution is 0.00706. The Kier molecular flexibility index (Phi) is 6.61. The number of aliphatic hydroxyl groups excluding tert-OH is 1. The molecule has 9 nitrogen and oxygen atoms in total. The summed E-state index contributed by atoms with van der Waals surface area (Å²) in [7, 11) is -2.12. The van der Waals surface area contributed by atoms with Crippen LogP contribution in [0.25, 0.3) is 33.5 Å². The van der Waals surface area contributed by atoms with Crippen molar-refractivity contribution >= 4 is 32.5 Å². The Labute approximate surface area is 225 Å². The van der Waals surface area contributed by atoms with Crippen LogP contribution in [0.3, 0.4) is 0 Å². The number of aromatic nitrogens is 3. The van der Waals surface area contributed by atoms with Gasteiger partial charge in [-0.3, -0.25) is 9.19 Å². The summed E-state index contributed by atoms with van der Waals surface area (Å²) in [5.74, 6) is 0. The minimum absolute atomic E-state index is 0.234. The van der Waals surface area contributed by atoms with Crippen molar-refractivity contribution in [3.8, 4) is 28.4 Å². The van der Waals surface area contributed by atoms with Crippen LogP contribution in [0.4, 0.5) is 0 Å². The predicted molar refractivity (Wildman–Crippen MR) is 146 cm³/mol. The lowest BCUT2D eigenvalue weighted by Gasteiger charge is -2.15. The van der Waals surface area contributed by atoms with Crippen molar-refractivity contribution in [2.75, 3.05) is 25.7 Å². The molecule has 0 unspecified atom stereocenters. The van der Waals surface area contributed by atoms with Crippen LogP contribution in [-0.4, -0.2) is 74.4 Å². The summed E-state index contributed by atoms with van der Waals surface area (Å²) in [6.07, 6.45) is 1.55. The number of rotatable bonds is 6. The molecule has 2 N–H and O–H groups in total. The number of benzene rings is 2. The predicted octanol–water partition coefficient (Wildman–Crippen LogP) is 4.08. The van der Waals surface area contributed by atoms with E-state index in [0.29, 0.717) is 41.0 Å². The van der Waals surface area contributed by atoms with Crippen molar-refractivity contribution in [3.63, 3.8) is 0 Å². The zero-order valence-corrected chi connectivity index (χ0v) is 22.4. The Morgan fingerprint density at radius 2 is 1.68 bits per heavy atom. The van der Waals surface area contributed by atoms with E-state index < -0.39 is 15.8 Å². The molecule has 38 heavy (non-hydrogen) atoms. The quantitative estimate of drug-likeness (QED) is 0.368. The average Bonchev–Trinajstić information content (AvgIpc) is 3.59. The van der Waals surface area contributed by atoms with Crippen molar-refractivity contribution in [1.82, 2.24) is 15.0 Å². The van der Waals surface area contributed by atoms with Crippen LogP contribution >= 0.6 is 11.6 Å². The molecule has 0 amide bonds. The highest BCUT2D eigenvalue weighted by molar-refractivity contribution is 7.92. The molecule has 6 rings (SSSR count). The van der Waals surface area contributed by atoms with Gasteiger partial charge in [-0.15, -0.1) is 0 Å². The molecule has 0 saturated carbocycles. The molecular formula is C27H27ClN4O5S. The van der Waals surface area contributed by atoms with Gasteiger partial charge in [0.05, 0.1) is 30.5 Å². The summed E-state index contributed by atoms with van der Waals surface area (Å²) >= 11 is 6.59. The average molecular weight is 555 g/mol. The fourth-order valence-electron chi connectivity index (χ4n) is 4.69. The maximum absolute atomic E-state index is 11.8. The number of ether oxygens (including phenoxy) is 3. The van der Waals surface area contributed by atoms with Crippen LogP contribution in [0.1, 0.15) is 5.56 Å². The van der Waals surface area contributed by atoms with E-state index in [1.54, 1.807) is 18.6 Å². The van der Waals surface area contributed by atoms with Crippen molar-refractivity contribution in [2.45, 2.75) is 31.0 Å². The smallest absolute Gasteiger partial charge is 0.296 e. The molecule has 4 heterocycles. The highest BCUT2D eigenvalue weighted by Crippen LogP contribution is 2.33. The molecule has 2 fully saturated rings. The summed E-state index contributed by atoms with van der Waals surface area (Å²) < 4.78 is 33.2. The molecule has 11 heteroatoms. The highest BCUT2D eigenvalue weighted by atomic mass is 35.5. The van der Waals surface area contributed by atoms with Crippen LogP contribution in [0.2, 0.25) is 5.02 Å². The van der Waals surface area contributed by atoms with Gasteiger partial charge in [-0.05, 0) is 22.8 Å². The SMILES string of the molecule is CS(C)(=O)=NCc1ccc(-c2ccc(-c3nc4[nH]c(O[C@@H]5CO[C@H]6[C@@H]5OC[C@H]6O)nc4cc3Cl)cc2)cc1. The first kappa shape index (κ1) is 25.3.